The monoisotopic (exact) mass is 446 g/mol. The summed E-state index contributed by atoms with van der Waals surface area (Å²) in [7, 11) is 0. The van der Waals surface area contributed by atoms with Crippen molar-refractivity contribution in [1.82, 2.24) is 10.2 Å². The first-order chi connectivity index (χ1) is 15.9. The number of rotatable bonds is 3. The molecule has 1 saturated carbocycles. The number of nitrogens with one attached hydrogen (secondary N) is 1. The first-order valence-corrected chi connectivity index (χ1v) is 11.8. The lowest BCUT2D eigenvalue weighted by molar-refractivity contribution is -0.114. The van der Waals surface area contributed by atoms with Crippen LogP contribution in [0.5, 0.6) is 0 Å². The number of allylic oxidation sites excluding steroid dienone is 1. The number of amidine groups is 1. The molecule has 0 bridgehead atoms. The number of ether oxygens (including phenoxy) is 1. The highest BCUT2D eigenvalue weighted by Crippen LogP contribution is 2.45. The smallest absolute Gasteiger partial charge is 0.411 e. The van der Waals surface area contributed by atoms with Crippen molar-refractivity contribution < 1.29 is 14.3 Å². The lowest BCUT2D eigenvalue weighted by atomic mass is 9.83. The first-order valence-electron chi connectivity index (χ1n) is 11.8. The Kier molecular flexibility index (Phi) is 5.64. The lowest BCUT2D eigenvalue weighted by Gasteiger charge is -2.37. The Bertz CT molecular complexity index is 1070. The third-order valence-electron chi connectivity index (χ3n) is 6.97. The van der Waals surface area contributed by atoms with Crippen molar-refractivity contribution in [2.75, 3.05) is 13.1 Å². The molecule has 1 aromatic carbocycles. The molecular weight excluding hydrogens is 416 g/mol. The number of hydrogen-bond acceptors (Lipinski definition) is 5. The van der Waals surface area contributed by atoms with Crippen LogP contribution in [0.15, 0.2) is 63.1 Å². The molecule has 1 saturated heterocycles. The number of aliphatic imine (C=N–C) groups is 2. The van der Waals surface area contributed by atoms with Gasteiger partial charge >= 0.3 is 6.09 Å². The van der Waals surface area contributed by atoms with Gasteiger partial charge in [-0.3, -0.25) is 14.7 Å². The highest BCUT2D eigenvalue weighted by Gasteiger charge is 2.51. The molecule has 3 heterocycles. The fraction of sp³-hybridized carbons (Fsp3) is 0.462. The molecule has 5 rings (SSSR count). The van der Waals surface area contributed by atoms with Gasteiger partial charge in [-0.2, -0.15) is 0 Å². The third kappa shape index (κ3) is 4.12. The number of carbonyl (C=O) groups is 2. The van der Waals surface area contributed by atoms with Gasteiger partial charge in [-0.05, 0) is 57.6 Å². The van der Waals surface area contributed by atoms with E-state index in [2.05, 4.69) is 27.4 Å². The van der Waals surface area contributed by atoms with Crippen LogP contribution in [0.4, 0.5) is 4.79 Å². The standard InChI is InChI=1S/C26H30N4O3/c1-26(2)22(18-7-4-3-5-8-18)30(25(32)33-26)20-11-9-17(10-12-20)21-15-19(16-29-24(21)31)23-27-13-6-14-28-23/h3-5,7-8,15-16,20,22H,6,9-14H2,1-2H3,(H,27,28)/t20?,22-/m0/s1. The Labute approximate surface area is 194 Å². The zero-order valence-electron chi connectivity index (χ0n) is 19.2. The highest BCUT2D eigenvalue weighted by atomic mass is 16.6. The predicted molar refractivity (Wildman–Crippen MR) is 127 cm³/mol. The quantitative estimate of drug-likeness (QED) is 0.708. The Morgan fingerprint density at radius 2 is 1.88 bits per heavy atom. The van der Waals surface area contributed by atoms with Gasteiger partial charge in [0.15, 0.2) is 0 Å². The van der Waals surface area contributed by atoms with E-state index in [1.54, 1.807) is 6.21 Å². The van der Waals surface area contributed by atoms with E-state index in [4.69, 9.17) is 4.74 Å². The molecule has 1 atom stereocenters. The highest BCUT2D eigenvalue weighted by molar-refractivity contribution is 6.21. The number of amides is 2. The largest absolute Gasteiger partial charge is 0.441 e. The molecule has 33 heavy (non-hydrogen) atoms. The number of nitrogens with zero attached hydrogens (tertiary/aromatic N) is 3. The van der Waals surface area contributed by atoms with E-state index in [1.807, 2.05) is 43.0 Å². The minimum atomic E-state index is -0.601. The Morgan fingerprint density at radius 1 is 1.12 bits per heavy atom. The second kappa shape index (κ2) is 8.61. The molecule has 4 aliphatic rings. The molecule has 0 radical (unpaired) electrons. The van der Waals surface area contributed by atoms with E-state index in [1.165, 1.54) is 0 Å². The van der Waals surface area contributed by atoms with Crippen LogP contribution in [0.2, 0.25) is 0 Å². The van der Waals surface area contributed by atoms with Gasteiger partial charge < -0.3 is 10.1 Å². The van der Waals surface area contributed by atoms with Crippen LogP contribution in [-0.4, -0.2) is 53.7 Å². The molecule has 2 amide bonds. The molecule has 3 aliphatic heterocycles. The summed E-state index contributed by atoms with van der Waals surface area (Å²) in [5.74, 6) is 0.629. The lowest BCUT2D eigenvalue weighted by Crippen LogP contribution is -2.42. The van der Waals surface area contributed by atoms with Gasteiger partial charge in [0.25, 0.3) is 5.91 Å². The van der Waals surface area contributed by atoms with Crippen LogP contribution in [0.25, 0.3) is 0 Å². The van der Waals surface area contributed by atoms with Gasteiger partial charge in [0.2, 0.25) is 0 Å². The zero-order chi connectivity index (χ0) is 23.0. The van der Waals surface area contributed by atoms with Crippen LogP contribution < -0.4 is 5.32 Å². The molecule has 0 spiro atoms. The Balaban J connectivity index is 1.37. The van der Waals surface area contributed by atoms with Gasteiger partial charge in [0.05, 0.1) is 6.04 Å². The van der Waals surface area contributed by atoms with E-state index in [0.717, 1.165) is 67.7 Å². The molecule has 172 valence electrons. The van der Waals surface area contributed by atoms with Crippen molar-refractivity contribution in [2.45, 2.75) is 63.6 Å². The molecule has 2 fully saturated rings. The molecule has 7 nitrogen and oxygen atoms in total. The number of carbonyl (C=O) groups excluding carboxylic acids is 2. The Morgan fingerprint density at radius 3 is 2.58 bits per heavy atom. The van der Waals surface area contributed by atoms with Crippen LogP contribution >= 0.6 is 0 Å². The van der Waals surface area contributed by atoms with Crippen molar-refractivity contribution in [3.05, 3.63) is 58.7 Å². The molecule has 1 N–H and O–H groups in total. The molecule has 0 aromatic heterocycles. The zero-order valence-corrected chi connectivity index (χ0v) is 19.2. The second-order valence-corrected chi connectivity index (χ2v) is 9.61. The minimum absolute atomic E-state index is 0.0730. The van der Waals surface area contributed by atoms with Gasteiger partial charge in [0, 0.05) is 36.5 Å². The van der Waals surface area contributed by atoms with Crippen molar-refractivity contribution >= 4 is 24.1 Å². The summed E-state index contributed by atoms with van der Waals surface area (Å²) in [6.45, 7) is 5.63. The van der Waals surface area contributed by atoms with Crippen LogP contribution in [0.1, 0.15) is 57.6 Å². The first kappa shape index (κ1) is 21.6. The molecule has 1 aromatic rings. The van der Waals surface area contributed by atoms with Gasteiger partial charge in [-0.1, -0.05) is 35.9 Å². The maximum absolute atomic E-state index is 12.9. The van der Waals surface area contributed by atoms with Crippen molar-refractivity contribution in [3.8, 4) is 0 Å². The summed E-state index contributed by atoms with van der Waals surface area (Å²) in [5, 5.41) is 3.30. The van der Waals surface area contributed by atoms with E-state index in [9.17, 15) is 9.59 Å². The average molecular weight is 447 g/mol. The average Bonchev–Trinajstić information content (AvgIpc) is 3.08. The van der Waals surface area contributed by atoms with Crippen molar-refractivity contribution in [2.24, 2.45) is 9.98 Å². The number of cyclic esters (lactones) is 1. The van der Waals surface area contributed by atoms with E-state index in [-0.39, 0.29) is 24.1 Å². The summed E-state index contributed by atoms with van der Waals surface area (Å²) >= 11 is 0. The molecule has 0 unspecified atom stereocenters. The maximum Gasteiger partial charge on any atom is 0.411 e. The van der Waals surface area contributed by atoms with E-state index < -0.39 is 5.60 Å². The number of hydrogen-bond donors (Lipinski definition) is 1. The van der Waals surface area contributed by atoms with Gasteiger partial charge in [0.1, 0.15) is 11.4 Å². The summed E-state index contributed by atoms with van der Waals surface area (Å²) in [4.78, 5) is 36.1. The normalized spacial score (nSPS) is 27.2. The summed E-state index contributed by atoms with van der Waals surface area (Å²) < 4.78 is 5.80. The fourth-order valence-electron chi connectivity index (χ4n) is 5.39. The topological polar surface area (TPSA) is 83.4 Å². The number of dihydropyridines is 1. The van der Waals surface area contributed by atoms with Crippen molar-refractivity contribution in [1.29, 1.82) is 0 Å². The van der Waals surface area contributed by atoms with Gasteiger partial charge in [-0.25, -0.2) is 9.79 Å². The van der Waals surface area contributed by atoms with Crippen LogP contribution in [0.3, 0.4) is 0 Å². The SMILES string of the molecule is CC1(C)OC(=O)N(C2CCC(=C3C=C(C4=NCCCN4)C=NC3=O)CC2)[C@H]1c1ccccc1. The predicted octanol–water partition coefficient (Wildman–Crippen LogP) is 4.13. The number of benzene rings is 1. The van der Waals surface area contributed by atoms with Crippen LogP contribution in [-0.2, 0) is 9.53 Å². The summed E-state index contributed by atoms with van der Waals surface area (Å²) in [5.41, 5.74) is 3.15. The third-order valence-corrected chi connectivity index (χ3v) is 6.97. The Hall–Kier alpha value is -3.22. The van der Waals surface area contributed by atoms with Crippen LogP contribution in [0, 0.1) is 0 Å². The molecule has 7 heteroatoms. The fourth-order valence-corrected chi connectivity index (χ4v) is 5.39. The summed E-state index contributed by atoms with van der Waals surface area (Å²) in [6.07, 6.45) is 7.43. The summed E-state index contributed by atoms with van der Waals surface area (Å²) in [6, 6.07) is 10.0. The van der Waals surface area contributed by atoms with E-state index >= 15 is 0 Å². The second-order valence-electron chi connectivity index (χ2n) is 9.61. The minimum Gasteiger partial charge on any atom is -0.441 e. The van der Waals surface area contributed by atoms with E-state index in [0.29, 0.717) is 5.57 Å². The van der Waals surface area contributed by atoms with Crippen molar-refractivity contribution in [3.63, 3.8) is 0 Å². The maximum atomic E-state index is 12.9. The molecule has 1 aliphatic carbocycles. The molecular formula is C26H30N4O3. The van der Waals surface area contributed by atoms with Gasteiger partial charge in [-0.15, -0.1) is 0 Å².